The van der Waals surface area contributed by atoms with Crippen LogP contribution in [-0.4, -0.2) is 41.5 Å². The standard InChI is InChI=1S/C36H42O6S/c1-28-16-22-34(23-17-28)43(37,38)42-33(26-40-25-24-35(2,3)4)27-41-36(29-12-8-6-9-13-29,30-14-10-7-11-15-30)31-18-20-32(39-5)21-19-31/h6-23,33H,24-27H2,1-5H3/t33-/m0/s1. The molecule has 6 nitrogen and oxygen atoms in total. The lowest BCUT2D eigenvalue weighted by Gasteiger charge is -2.37. The highest BCUT2D eigenvalue weighted by molar-refractivity contribution is 7.86. The minimum Gasteiger partial charge on any atom is -0.497 e. The molecular weight excluding hydrogens is 560 g/mol. The van der Waals surface area contributed by atoms with Gasteiger partial charge >= 0.3 is 0 Å². The number of rotatable bonds is 14. The van der Waals surface area contributed by atoms with E-state index in [4.69, 9.17) is 18.4 Å². The highest BCUT2D eigenvalue weighted by Gasteiger charge is 2.39. The van der Waals surface area contributed by atoms with E-state index in [0.717, 1.165) is 34.4 Å². The Bertz CT molecular complexity index is 1470. The molecule has 0 saturated carbocycles. The molecule has 0 saturated heterocycles. The van der Waals surface area contributed by atoms with Crippen molar-refractivity contribution in [1.82, 2.24) is 0 Å². The average Bonchev–Trinajstić information content (AvgIpc) is 3.00. The quantitative estimate of drug-likeness (QED) is 0.0844. The Hall–Kier alpha value is -3.49. The SMILES string of the molecule is COc1ccc(C(OC[C@H](COCCC(C)(C)C)OS(=O)(=O)c2ccc(C)cc2)(c2ccccc2)c2ccccc2)cc1. The van der Waals surface area contributed by atoms with Crippen molar-refractivity contribution in [2.75, 3.05) is 26.9 Å². The Morgan fingerprint density at radius 1 is 0.698 bits per heavy atom. The number of methoxy groups -OCH3 is 1. The third-order valence-electron chi connectivity index (χ3n) is 7.22. The average molecular weight is 603 g/mol. The van der Waals surface area contributed by atoms with Crippen molar-refractivity contribution in [2.24, 2.45) is 5.41 Å². The van der Waals surface area contributed by atoms with Gasteiger partial charge in [-0.05, 0) is 59.7 Å². The number of hydrogen-bond donors (Lipinski definition) is 0. The lowest BCUT2D eigenvalue weighted by Crippen LogP contribution is -2.38. The van der Waals surface area contributed by atoms with E-state index in [2.05, 4.69) is 20.8 Å². The zero-order valence-electron chi connectivity index (χ0n) is 25.7. The summed E-state index contributed by atoms with van der Waals surface area (Å²) in [5.74, 6) is 0.719. The molecule has 7 heteroatoms. The van der Waals surface area contributed by atoms with Gasteiger partial charge in [-0.2, -0.15) is 8.42 Å². The number of benzene rings is 4. The van der Waals surface area contributed by atoms with E-state index in [-0.39, 0.29) is 23.5 Å². The molecule has 0 aliphatic heterocycles. The molecule has 0 amide bonds. The van der Waals surface area contributed by atoms with Gasteiger partial charge in [0.2, 0.25) is 0 Å². The van der Waals surface area contributed by atoms with Gasteiger partial charge in [0.05, 0.1) is 25.2 Å². The van der Waals surface area contributed by atoms with Crippen molar-refractivity contribution in [3.05, 3.63) is 131 Å². The van der Waals surface area contributed by atoms with E-state index in [0.29, 0.717) is 6.61 Å². The Labute approximate surface area is 256 Å². The molecule has 0 aliphatic rings. The summed E-state index contributed by atoms with van der Waals surface area (Å²) < 4.78 is 51.0. The monoisotopic (exact) mass is 602 g/mol. The molecule has 0 N–H and O–H groups in total. The van der Waals surface area contributed by atoms with Gasteiger partial charge in [0, 0.05) is 6.61 Å². The fourth-order valence-electron chi connectivity index (χ4n) is 4.78. The third kappa shape index (κ3) is 8.54. The highest BCUT2D eigenvalue weighted by atomic mass is 32.2. The fraction of sp³-hybridized carbons (Fsp3) is 0.333. The number of hydrogen-bond acceptors (Lipinski definition) is 6. The van der Waals surface area contributed by atoms with Crippen LogP contribution in [0.15, 0.2) is 114 Å². The molecule has 1 atom stereocenters. The van der Waals surface area contributed by atoms with Crippen LogP contribution in [0.5, 0.6) is 5.75 Å². The Morgan fingerprint density at radius 2 is 1.23 bits per heavy atom. The van der Waals surface area contributed by atoms with Crippen LogP contribution in [0.4, 0.5) is 0 Å². The van der Waals surface area contributed by atoms with E-state index in [9.17, 15) is 8.42 Å². The van der Waals surface area contributed by atoms with Crippen LogP contribution in [-0.2, 0) is 29.4 Å². The zero-order valence-corrected chi connectivity index (χ0v) is 26.5. The van der Waals surface area contributed by atoms with Gasteiger partial charge in [-0.1, -0.05) is 111 Å². The van der Waals surface area contributed by atoms with Crippen molar-refractivity contribution in [3.63, 3.8) is 0 Å². The second kappa shape index (κ2) is 14.3. The first-order chi connectivity index (χ1) is 20.5. The molecule has 228 valence electrons. The van der Waals surface area contributed by atoms with Crippen molar-refractivity contribution in [1.29, 1.82) is 0 Å². The zero-order chi connectivity index (χ0) is 30.9. The number of ether oxygens (including phenoxy) is 3. The van der Waals surface area contributed by atoms with Crippen LogP contribution >= 0.6 is 0 Å². The summed E-state index contributed by atoms with van der Waals surface area (Å²) >= 11 is 0. The molecule has 0 bridgehead atoms. The van der Waals surface area contributed by atoms with Gasteiger partial charge in [0.25, 0.3) is 10.1 Å². The van der Waals surface area contributed by atoms with Gasteiger partial charge in [-0.15, -0.1) is 0 Å². The van der Waals surface area contributed by atoms with Gasteiger partial charge in [-0.3, -0.25) is 4.18 Å². The van der Waals surface area contributed by atoms with Crippen LogP contribution in [0.25, 0.3) is 0 Å². The molecule has 43 heavy (non-hydrogen) atoms. The first kappa shape index (κ1) is 32.4. The van der Waals surface area contributed by atoms with E-state index >= 15 is 0 Å². The smallest absolute Gasteiger partial charge is 0.297 e. The van der Waals surface area contributed by atoms with Crippen LogP contribution in [0.1, 0.15) is 49.4 Å². The molecule has 0 spiro atoms. The lowest BCUT2D eigenvalue weighted by molar-refractivity contribution is -0.0550. The first-order valence-electron chi connectivity index (χ1n) is 14.5. The van der Waals surface area contributed by atoms with Gasteiger partial charge < -0.3 is 14.2 Å². The molecule has 0 radical (unpaired) electrons. The maximum atomic E-state index is 13.4. The minimum absolute atomic E-state index is 0.0451. The van der Waals surface area contributed by atoms with E-state index in [1.807, 2.05) is 91.9 Å². The van der Waals surface area contributed by atoms with Crippen LogP contribution < -0.4 is 4.74 Å². The molecule has 0 heterocycles. The summed E-state index contributed by atoms with van der Waals surface area (Å²) in [5, 5.41) is 0. The van der Waals surface area contributed by atoms with Crippen molar-refractivity contribution < 1.29 is 26.8 Å². The van der Waals surface area contributed by atoms with Crippen LogP contribution in [0.3, 0.4) is 0 Å². The second-order valence-electron chi connectivity index (χ2n) is 11.8. The second-order valence-corrected chi connectivity index (χ2v) is 13.4. The third-order valence-corrected chi connectivity index (χ3v) is 8.59. The molecule has 0 aromatic heterocycles. The summed E-state index contributed by atoms with van der Waals surface area (Å²) in [7, 11) is -2.46. The molecular formula is C36H42O6S. The maximum absolute atomic E-state index is 13.4. The largest absolute Gasteiger partial charge is 0.497 e. The van der Waals surface area contributed by atoms with Gasteiger partial charge in [0.15, 0.2) is 0 Å². The fourth-order valence-corrected chi connectivity index (χ4v) is 5.83. The molecule has 4 rings (SSSR count). The van der Waals surface area contributed by atoms with Crippen LogP contribution in [0.2, 0.25) is 0 Å². The lowest BCUT2D eigenvalue weighted by atomic mass is 9.80. The van der Waals surface area contributed by atoms with E-state index in [1.54, 1.807) is 31.4 Å². The van der Waals surface area contributed by atoms with Crippen molar-refractivity contribution >= 4 is 10.1 Å². The van der Waals surface area contributed by atoms with Gasteiger partial charge in [-0.25, -0.2) is 0 Å². The first-order valence-corrected chi connectivity index (χ1v) is 15.9. The van der Waals surface area contributed by atoms with Crippen LogP contribution in [0, 0.1) is 12.3 Å². The number of aryl methyl sites for hydroxylation is 1. The predicted molar refractivity (Wildman–Crippen MR) is 170 cm³/mol. The summed E-state index contributed by atoms with van der Waals surface area (Å²) in [4.78, 5) is 0.0883. The van der Waals surface area contributed by atoms with Gasteiger partial charge in [0.1, 0.15) is 17.5 Å². The van der Waals surface area contributed by atoms with E-state index in [1.165, 1.54) is 0 Å². The maximum Gasteiger partial charge on any atom is 0.297 e. The van der Waals surface area contributed by atoms with Crippen molar-refractivity contribution in [3.8, 4) is 5.75 Å². The topological polar surface area (TPSA) is 71.1 Å². The van der Waals surface area contributed by atoms with Crippen molar-refractivity contribution in [2.45, 2.75) is 50.7 Å². The normalized spacial score (nSPS) is 13.0. The van der Waals surface area contributed by atoms with E-state index < -0.39 is 21.8 Å². The summed E-state index contributed by atoms with van der Waals surface area (Å²) in [5.41, 5.74) is 2.60. The molecule has 4 aromatic rings. The summed E-state index contributed by atoms with van der Waals surface area (Å²) in [6, 6.07) is 34.1. The summed E-state index contributed by atoms with van der Waals surface area (Å²) in [6.45, 7) is 8.77. The minimum atomic E-state index is -4.09. The molecule has 0 aliphatic carbocycles. The predicted octanol–water partition coefficient (Wildman–Crippen LogP) is 7.54. The summed E-state index contributed by atoms with van der Waals surface area (Å²) in [6.07, 6.45) is -0.0916. The molecule has 4 aromatic carbocycles. The Morgan fingerprint density at radius 3 is 1.74 bits per heavy atom. The Balaban J connectivity index is 1.73. The highest BCUT2D eigenvalue weighted by Crippen LogP contribution is 2.41. The molecule has 0 unspecified atom stereocenters. The molecule has 0 fully saturated rings. The Kier molecular flexibility index (Phi) is 10.8.